The minimum atomic E-state index is -0.465. The highest BCUT2D eigenvalue weighted by Gasteiger charge is 2.32. The predicted molar refractivity (Wildman–Crippen MR) is 95.5 cm³/mol. The molecule has 1 N–H and O–H groups in total. The van der Waals surface area contributed by atoms with Gasteiger partial charge in [0.2, 0.25) is 0 Å². The van der Waals surface area contributed by atoms with E-state index in [4.69, 9.17) is 9.47 Å². The number of rotatable bonds is 5. The minimum Gasteiger partial charge on any atom is -0.497 e. The second-order valence-corrected chi connectivity index (χ2v) is 5.46. The molecule has 25 heavy (non-hydrogen) atoms. The van der Waals surface area contributed by atoms with Gasteiger partial charge in [0.15, 0.2) is 0 Å². The predicted octanol–water partition coefficient (Wildman–Crippen LogP) is 2.94. The Bertz CT molecular complexity index is 896. The summed E-state index contributed by atoms with van der Waals surface area (Å²) < 4.78 is 10.7. The number of fused-ring (bicyclic) bond motifs is 1. The highest BCUT2D eigenvalue weighted by molar-refractivity contribution is 6.15. The van der Waals surface area contributed by atoms with E-state index in [2.05, 4.69) is 11.9 Å². The number of methoxy groups -OCH3 is 2. The molecule has 0 radical (unpaired) electrons. The Morgan fingerprint density at radius 3 is 2.60 bits per heavy atom. The van der Waals surface area contributed by atoms with E-state index in [-0.39, 0.29) is 12.2 Å². The fourth-order valence-corrected chi connectivity index (χ4v) is 2.77. The molecule has 0 aromatic heterocycles. The zero-order valence-corrected chi connectivity index (χ0v) is 14.0. The van der Waals surface area contributed by atoms with Crippen LogP contribution in [0.25, 0.3) is 16.8 Å². The topological polar surface area (TPSA) is 67.9 Å². The molecule has 0 spiro atoms. The van der Waals surface area contributed by atoms with E-state index in [9.17, 15) is 9.59 Å². The first-order valence-corrected chi connectivity index (χ1v) is 7.69. The van der Waals surface area contributed by atoms with Gasteiger partial charge in [0.05, 0.1) is 14.2 Å². The van der Waals surface area contributed by atoms with Crippen molar-refractivity contribution < 1.29 is 19.1 Å². The van der Waals surface area contributed by atoms with Crippen LogP contribution in [-0.4, -0.2) is 37.6 Å². The SMILES string of the molecule is C=CCN1C(=O)N/C(=C/c2c(OC)ccc3ccc(OC)cc23)C1=O. The summed E-state index contributed by atoms with van der Waals surface area (Å²) in [6.45, 7) is 3.72. The van der Waals surface area contributed by atoms with Gasteiger partial charge in [0, 0.05) is 12.1 Å². The number of carbonyl (C=O) groups excluding carboxylic acids is 2. The average molecular weight is 338 g/mol. The van der Waals surface area contributed by atoms with Gasteiger partial charge in [0.1, 0.15) is 17.2 Å². The maximum absolute atomic E-state index is 12.4. The standard InChI is InChI=1S/C19H18N2O4/c1-4-9-21-18(22)16(20-19(21)23)11-15-14-10-13(24-2)7-5-12(14)6-8-17(15)25-3/h4-8,10-11H,1,9H2,2-3H3,(H,20,23)/b16-11+. The molecule has 3 rings (SSSR count). The van der Waals surface area contributed by atoms with Crippen LogP contribution in [0.4, 0.5) is 4.79 Å². The van der Waals surface area contributed by atoms with Gasteiger partial charge in [-0.2, -0.15) is 0 Å². The third-order valence-corrected chi connectivity index (χ3v) is 4.01. The lowest BCUT2D eigenvalue weighted by molar-refractivity contribution is -0.122. The van der Waals surface area contributed by atoms with E-state index in [1.807, 2.05) is 30.3 Å². The third kappa shape index (κ3) is 2.94. The molecule has 0 atom stereocenters. The number of hydrogen-bond donors (Lipinski definition) is 1. The van der Waals surface area contributed by atoms with Gasteiger partial charge in [-0.05, 0) is 35.0 Å². The van der Waals surface area contributed by atoms with E-state index in [1.165, 1.54) is 6.08 Å². The molecule has 1 heterocycles. The number of amides is 3. The molecule has 6 heteroatoms. The Kier molecular flexibility index (Phi) is 4.43. The lowest BCUT2D eigenvalue weighted by atomic mass is 10.0. The lowest BCUT2D eigenvalue weighted by Crippen LogP contribution is -2.30. The van der Waals surface area contributed by atoms with Crippen LogP contribution in [0.2, 0.25) is 0 Å². The largest absolute Gasteiger partial charge is 0.497 e. The fourth-order valence-electron chi connectivity index (χ4n) is 2.77. The number of imide groups is 1. The molecule has 1 aliphatic rings. The van der Waals surface area contributed by atoms with E-state index in [0.717, 1.165) is 15.7 Å². The molecule has 0 saturated carbocycles. The maximum atomic E-state index is 12.4. The first-order valence-electron chi connectivity index (χ1n) is 7.69. The van der Waals surface area contributed by atoms with Gasteiger partial charge in [-0.3, -0.25) is 9.69 Å². The summed E-state index contributed by atoms with van der Waals surface area (Å²) in [6.07, 6.45) is 3.13. The molecule has 2 aromatic rings. The fraction of sp³-hybridized carbons (Fsp3) is 0.158. The van der Waals surface area contributed by atoms with E-state index in [0.29, 0.717) is 17.1 Å². The van der Waals surface area contributed by atoms with Crippen molar-refractivity contribution in [3.63, 3.8) is 0 Å². The van der Waals surface area contributed by atoms with Crippen LogP contribution in [0.1, 0.15) is 5.56 Å². The summed E-state index contributed by atoms with van der Waals surface area (Å²) in [7, 11) is 3.15. The maximum Gasteiger partial charge on any atom is 0.329 e. The molecule has 0 unspecified atom stereocenters. The summed E-state index contributed by atoms with van der Waals surface area (Å²) in [6, 6.07) is 8.94. The first kappa shape index (κ1) is 16.6. The highest BCUT2D eigenvalue weighted by Crippen LogP contribution is 2.33. The third-order valence-electron chi connectivity index (χ3n) is 4.01. The van der Waals surface area contributed by atoms with Crippen LogP contribution in [0.5, 0.6) is 11.5 Å². The second kappa shape index (κ2) is 6.68. The normalized spacial score (nSPS) is 15.6. The average Bonchev–Trinajstić information content (AvgIpc) is 2.89. The summed E-state index contributed by atoms with van der Waals surface area (Å²) in [5, 5.41) is 4.42. The van der Waals surface area contributed by atoms with Crippen molar-refractivity contribution in [2.24, 2.45) is 0 Å². The molecule has 1 fully saturated rings. The molecule has 0 aliphatic carbocycles. The van der Waals surface area contributed by atoms with E-state index < -0.39 is 11.9 Å². The second-order valence-electron chi connectivity index (χ2n) is 5.46. The Morgan fingerprint density at radius 2 is 1.92 bits per heavy atom. The summed E-state index contributed by atoms with van der Waals surface area (Å²) in [5.74, 6) is 0.889. The van der Waals surface area contributed by atoms with Crippen LogP contribution >= 0.6 is 0 Å². The zero-order chi connectivity index (χ0) is 18.0. The molecule has 1 saturated heterocycles. The van der Waals surface area contributed by atoms with Gasteiger partial charge in [-0.25, -0.2) is 4.79 Å². The van der Waals surface area contributed by atoms with Crippen molar-refractivity contribution in [3.8, 4) is 11.5 Å². The smallest absolute Gasteiger partial charge is 0.329 e. The zero-order valence-electron chi connectivity index (χ0n) is 14.0. The highest BCUT2D eigenvalue weighted by atomic mass is 16.5. The van der Waals surface area contributed by atoms with Crippen LogP contribution < -0.4 is 14.8 Å². The summed E-state index contributed by atoms with van der Waals surface area (Å²) in [4.78, 5) is 25.5. The van der Waals surface area contributed by atoms with Crippen molar-refractivity contribution in [2.45, 2.75) is 0 Å². The summed E-state index contributed by atoms with van der Waals surface area (Å²) >= 11 is 0. The number of nitrogens with zero attached hydrogens (tertiary/aromatic N) is 1. The van der Waals surface area contributed by atoms with Crippen LogP contribution in [0.15, 0.2) is 48.7 Å². The van der Waals surface area contributed by atoms with Gasteiger partial charge in [-0.15, -0.1) is 6.58 Å². The number of urea groups is 1. The number of ether oxygens (including phenoxy) is 2. The van der Waals surface area contributed by atoms with Gasteiger partial charge < -0.3 is 14.8 Å². The van der Waals surface area contributed by atoms with Crippen molar-refractivity contribution in [1.82, 2.24) is 10.2 Å². The molecule has 2 aromatic carbocycles. The van der Waals surface area contributed by atoms with Crippen LogP contribution in [0.3, 0.4) is 0 Å². The molecule has 3 amide bonds. The van der Waals surface area contributed by atoms with Crippen LogP contribution in [-0.2, 0) is 4.79 Å². The van der Waals surface area contributed by atoms with Gasteiger partial charge in [-0.1, -0.05) is 18.2 Å². The van der Waals surface area contributed by atoms with Crippen molar-refractivity contribution in [2.75, 3.05) is 20.8 Å². The number of carbonyl (C=O) groups is 2. The Morgan fingerprint density at radius 1 is 1.16 bits per heavy atom. The lowest BCUT2D eigenvalue weighted by Gasteiger charge is -2.11. The minimum absolute atomic E-state index is 0.155. The first-order chi connectivity index (χ1) is 12.1. The number of benzene rings is 2. The van der Waals surface area contributed by atoms with E-state index >= 15 is 0 Å². The van der Waals surface area contributed by atoms with Crippen LogP contribution in [0, 0.1) is 0 Å². The number of nitrogens with one attached hydrogen (secondary N) is 1. The Hall–Kier alpha value is -3.28. The molecule has 128 valence electrons. The molecule has 0 bridgehead atoms. The van der Waals surface area contributed by atoms with E-state index in [1.54, 1.807) is 20.3 Å². The van der Waals surface area contributed by atoms with Gasteiger partial charge >= 0.3 is 6.03 Å². The molecular weight excluding hydrogens is 320 g/mol. The van der Waals surface area contributed by atoms with Gasteiger partial charge in [0.25, 0.3) is 5.91 Å². The molecule has 1 aliphatic heterocycles. The Labute approximate surface area is 145 Å². The Balaban J connectivity index is 2.15. The van der Waals surface area contributed by atoms with Crippen molar-refractivity contribution in [3.05, 3.63) is 54.2 Å². The van der Waals surface area contributed by atoms with Crippen molar-refractivity contribution in [1.29, 1.82) is 0 Å². The molecule has 6 nitrogen and oxygen atoms in total. The van der Waals surface area contributed by atoms with Crippen molar-refractivity contribution >= 4 is 28.8 Å². The quantitative estimate of drug-likeness (QED) is 0.517. The monoisotopic (exact) mass is 338 g/mol. The summed E-state index contributed by atoms with van der Waals surface area (Å²) in [5.41, 5.74) is 0.892. The molecular formula is C19H18N2O4. The number of hydrogen-bond acceptors (Lipinski definition) is 4.